The number of hydrogen-bond acceptors (Lipinski definition) is 5. The molecule has 132 valence electrons. The smallest absolute Gasteiger partial charge is 0.282 e. The van der Waals surface area contributed by atoms with Crippen LogP contribution in [0.2, 0.25) is 15.1 Å². The van der Waals surface area contributed by atoms with Crippen LogP contribution in [0.25, 0.3) is 11.3 Å². The molecule has 0 saturated heterocycles. The van der Waals surface area contributed by atoms with Crippen molar-refractivity contribution in [3.05, 3.63) is 72.5 Å². The van der Waals surface area contributed by atoms with Crippen LogP contribution in [-0.2, 0) is 0 Å². The van der Waals surface area contributed by atoms with Gasteiger partial charge in [0.1, 0.15) is 5.56 Å². The molecule has 1 aromatic heterocycles. The second-order valence-electron chi connectivity index (χ2n) is 5.04. The third-order valence-corrected chi connectivity index (χ3v) is 5.07. The molecule has 0 radical (unpaired) electrons. The van der Waals surface area contributed by atoms with Gasteiger partial charge in [-0.05, 0) is 24.3 Å². The van der Waals surface area contributed by atoms with Crippen molar-refractivity contribution >= 4 is 62.9 Å². The molecule has 1 heterocycles. The molecule has 3 aromatic rings. The van der Waals surface area contributed by atoms with E-state index >= 15 is 0 Å². The average Bonchev–Trinajstić information content (AvgIpc) is 3.05. The molecule has 0 aliphatic carbocycles. The van der Waals surface area contributed by atoms with Crippen LogP contribution >= 0.6 is 46.1 Å². The maximum Gasteiger partial charge on any atom is 0.282 e. The Hall–Kier alpha value is -2.19. The van der Waals surface area contributed by atoms with Gasteiger partial charge in [-0.2, -0.15) is 0 Å². The number of nitro benzene ring substituents is 1. The minimum atomic E-state index is -0.672. The maximum absolute atomic E-state index is 12.4. The molecule has 0 atom stereocenters. The normalized spacial score (nSPS) is 10.6. The maximum atomic E-state index is 12.4. The summed E-state index contributed by atoms with van der Waals surface area (Å²) in [5.41, 5.74) is 0.830. The van der Waals surface area contributed by atoms with Crippen molar-refractivity contribution in [2.45, 2.75) is 0 Å². The van der Waals surface area contributed by atoms with Crippen LogP contribution in [0.3, 0.4) is 0 Å². The minimum Gasteiger partial charge on any atom is -0.298 e. The number of hydrogen-bond donors (Lipinski definition) is 1. The number of nitrogens with one attached hydrogen (secondary N) is 1. The highest BCUT2D eigenvalue weighted by Crippen LogP contribution is 2.31. The van der Waals surface area contributed by atoms with Gasteiger partial charge in [-0.3, -0.25) is 20.2 Å². The van der Waals surface area contributed by atoms with Crippen molar-refractivity contribution in [3.63, 3.8) is 0 Å². The van der Waals surface area contributed by atoms with Crippen molar-refractivity contribution in [3.8, 4) is 11.3 Å². The molecule has 0 aliphatic heterocycles. The number of nitrogens with zero attached hydrogens (tertiary/aromatic N) is 2. The van der Waals surface area contributed by atoms with Gasteiger partial charge in [0, 0.05) is 22.0 Å². The minimum absolute atomic E-state index is 0.145. The third-order valence-electron chi connectivity index (χ3n) is 3.34. The van der Waals surface area contributed by atoms with Crippen LogP contribution < -0.4 is 5.32 Å². The number of amides is 1. The van der Waals surface area contributed by atoms with Crippen LogP contribution in [0.15, 0.2) is 41.8 Å². The number of anilines is 1. The molecule has 6 nitrogen and oxygen atoms in total. The average molecular weight is 429 g/mol. The molecule has 0 aliphatic rings. The Morgan fingerprint density at radius 2 is 1.88 bits per heavy atom. The van der Waals surface area contributed by atoms with E-state index in [1.54, 1.807) is 23.6 Å². The molecular formula is C16H8Cl3N3O3S. The lowest BCUT2D eigenvalue weighted by Gasteiger charge is -2.04. The first-order valence-corrected chi connectivity index (χ1v) is 9.03. The van der Waals surface area contributed by atoms with Crippen LogP contribution in [0.5, 0.6) is 0 Å². The molecule has 0 bridgehead atoms. The van der Waals surface area contributed by atoms with E-state index in [0.717, 1.165) is 5.56 Å². The highest BCUT2D eigenvalue weighted by molar-refractivity contribution is 7.14. The number of nitro groups is 1. The SMILES string of the molecule is O=C(Nc1nc(-c2ccc(Cl)c(Cl)c2)cs1)c1cc(Cl)ccc1[N+](=O)[O-]. The molecule has 1 N–H and O–H groups in total. The fourth-order valence-corrected chi connectivity index (χ4v) is 3.32. The molecule has 1 amide bonds. The number of aromatic nitrogens is 1. The van der Waals surface area contributed by atoms with Crippen molar-refractivity contribution in [2.75, 3.05) is 5.32 Å². The van der Waals surface area contributed by atoms with Gasteiger partial charge < -0.3 is 0 Å². The van der Waals surface area contributed by atoms with Gasteiger partial charge in [0.2, 0.25) is 0 Å². The van der Waals surface area contributed by atoms with Crippen LogP contribution in [-0.4, -0.2) is 15.8 Å². The summed E-state index contributed by atoms with van der Waals surface area (Å²) in [6, 6.07) is 8.82. The van der Waals surface area contributed by atoms with Gasteiger partial charge >= 0.3 is 0 Å². The molecule has 0 saturated carbocycles. The Labute approximate surface area is 166 Å². The van der Waals surface area contributed by atoms with Crippen molar-refractivity contribution < 1.29 is 9.72 Å². The van der Waals surface area contributed by atoms with Gasteiger partial charge in [-0.15, -0.1) is 11.3 Å². The molecule has 3 rings (SSSR count). The lowest BCUT2D eigenvalue weighted by atomic mass is 10.1. The summed E-state index contributed by atoms with van der Waals surface area (Å²) in [5.74, 6) is -0.672. The van der Waals surface area contributed by atoms with E-state index in [2.05, 4.69) is 10.3 Å². The van der Waals surface area contributed by atoms with Crippen LogP contribution in [0.1, 0.15) is 10.4 Å². The fourth-order valence-electron chi connectivity index (χ4n) is 2.13. The first-order chi connectivity index (χ1) is 12.3. The number of benzene rings is 2. The molecule has 10 heteroatoms. The number of rotatable bonds is 4. The largest absolute Gasteiger partial charge is 0.298 e. The summed E-state index contributed by atoms with van der Waals surface area (Å²) >= 11 is 18.9. The molecular weight excluding hydrogens is 421 g/mol. The predicted octanol–water partition coefficient (Wildman–Crippen LogP) is 5.93. The Morgan fingerprint density at radius 3 is 2.58 bits per heavy atom. The first-order valence-electron chi connectivity index (χ1n) is 7.01. The summed E-state index contributed by atoms with van der Waals surface area (Å²) in [6.45, 7) is 0. The van der Waals surface area contributed by atoms with E-state index in [-0.39, 0.29) is 21.4 Å². The van der Waals surface area contributed by atoms with Gasteiger partial charge in [0.15, 0.2) is 5.13 Å². The van der Waals surface area contributed by atoms with Crippen molar-refractivity contribution in [1.29, 1.82) is 0 Å². The predicted molar refractivity (Wildman–Crippen MR) is 104 cm³/mol. The fraction of sp³-hybridized carbons (Fsp3) is 0. The Bertz CT molecular complexity index is 1020. The summed E-state index contributed by atoms with van der Waals surface area (Å²) in [7, 11) is 0. The van der Waals surface area contributed by atoms with E-state index in [4.69, 9.17) is 34.8 Å². The van der Waals surface area contributed by atoms with Gasteiger partial charge in [-0.25, -0.2) is 4.98 Å². The second-order valence-corrected chi connectivity index (χ2v) is 7.15. The van der Waals surface area contributed by atoms with E-state index in [1.807, 2.05) is 0 Å². The lowest BCUT2D eigenvalue weighted by Crippen LogP contribution is -2.13. The van der Waals surface area contributed by atoms with Crippen LogP contribution in [0.4, 0.5) is 10.8 Å². The molecule has 2 aromatic carbocycles. The zero-order valence-corrected chi connectivity index (χ0v) is 15.8. The molecule has 0 spiro atoms. The summed E-state index contributed by atoms with van der Waals surface area (Å²) in [4.78, 5) is 27.1. The van der Waals surface area contributed by atoms with E-state index in [0.29, 0.717) is 15.7 Å². The molecule has 0 unspecified atom stereocenters. The zero-order chi connectivity index (χ0) is 18.8. The monoisotopic (exact) mass is 427 g/mol. The summed E-state index contributed by atoms with van der Waals surface area (Å²) < 4.78 is 0. The quantitative estimate of drug-likeness (QED) is 0.412. The first kappa shape index (κ1) is 18.6. The number of carbonyl (C=O) groups is 1. The zero-order valence-electron chi connectivity index (χ0n) is 12.7. The standard InChI is InChI=1S/C16H8Cl3N3O3S/c17-9-2-4-14(22(24)25)10(6-9)15(23)21-16-20-13(7-26-16)8-1-3-11(18)12(19)5-8/h1-7H,(H,20,21,23). The third kappa shape index (κ3) is 3.96. The van der Waals surface area contributed by atoms with E-state index in [9.17, 15) is 14.9 Å². The summed E-state index contributed by atoms with van der Waals surface area (Å²) in [5, 5.41) is 16.7. The topological polar surface area (TPSA) is 85.1 Å². The molecule has 26 heavy (non-hydrogen) atoms. The Kier molecular flexibility index (Phi) is 5.43. The summed E-state index contributed by atoms with van der Waals surface area (Å²) in [6.07, 6.45) is 0. The van der Waals surface area contributed by atoms with Crippen molar-refractivity contribution in [1.82, 2.24) is 4.98 Å². The van der Waals surface area contributed by atoms with E-state index in [1.165, 1.54) is 29.5 Å². The Balaban J connectivity index is 1.85. The lowest BCUT2D eigenvalue weighted by molar-refractivity contribution is -0.385. The highest BCUT2D eigenvalue weighted by Gasteiger charge is 2.21. The van der Waals surface area contributed by atoms with Gasteiger partial charge in [-0.1, -0.05) is 40.9 Å². The van der Waals surface area contributed by atoms with Crippen LogP contribution in [0, 0.1) is 10.1 Å². The van der Waals surface area contributed by atoms with Gasteiger partial charge in [0.05, 0.1) is 20.7 Å². The van der Waals surface area contributed by atoms with Crippen molar-refractivity contribution in [2.24, 2.45) is 0 Å². The molecule has 0 fully saturated rings. The van der Waals surface area contributed by atoms with Gasteiger partial charge in [0.25, 0.3) is 11.6 Å². The number of carbonyl (C=O) groups excluding carboxylic acids is 1. The Morgan fingerprint density at radius 1 is 1.12 bits per heavy atom. The highest BCUT2D eigenvalue weighted by atomic mass is 35.5. The second kappa shape index (κ2) is 7.59. The number of halogens is 3. The van der Waals surface area contributed by atoms with E-state index < -0.39 is 10.8 Å². The number of thiazole rings is 1.